The van der Waals surface area contributed by atoms with Gasteiger partial charge in [-0.2, -0.15) is 13.2 Å². The lowest BCUT2D eigenvalue weighted by Crippen LogP contribution is -2.39. The van der Waals surface area contributed by atoms with Crippen LogP contribution < -0.4 is 5.73 Å². The molecule has 180 valence electrons. The Kier molecular flexibility index (Phi) is 7.50. The maximum absolute atomic E-state index is 13.3. The highest BCUT2D eigenvalue weighted by Gasteiger charge is 2.39. The van der Waals surface area contributed by atoms with E-state index in [4.69, 9.17) is 11.1 Å². The molecule has 0 spiro atoms. The Morgan fingerprint density at radius 1 is 1.09 bits per heavy atom. The molecular formula is C24H23F4N3O2S. The van der Waals surface area contributed by atoms with Crippen molar-refractivity contribution in [3.8, 4) is 0 Å². The third-order valence-electron chi connectivity index (χ3n) is 5.55. The molecule has 3 N–H and O–H groups in total. The normalized spacial score (nSPS) is 17.1. The van der Waals surface area contributed by atoms with Gasteiger partial charge in [0.25, 0.3) is 5.91 Å². The predicted octanol–water partition coefficient (Wildman–Crippen LogP) is 4.90. The number of Topliss-reactive ketones (excluding diaryl/α,β-unsaturated/α-hetero) is 1. The maximum Gasteiger partial charge on any atom is 0.416 e. The van der Waals surface area contributed by atoms with Crippen molar-refractivity contribution < 1.29 is 27.2 Å². The number of halogens is 4. The van der Waals surface area contributed by atoms with Crippen LogP contribution in [0.3, 0.4) is 0 Å². The molecule has 34 heavy (non-hydrogen) atoms. The van der Waals surface area contributed by atoms with Crippen LogP contribution in [0.15, 0.2) is 59.1 Å². The maximum atomic E-state index is 13.3. The number of nitrogens with two attached hydrogens (primary N) is 1. The van der Waals surface area contributed by atoms with Gasteiger partial charge in [0.05, 0.1) is 10.5 Å². The van der Waals surface area contributed by atoms with Gasteiger partial charge in [0.15, 0.2) is 5.78 Å². The van der Waals surface area contributed by atoms with Gasteiger partial charge in [0.1, 0.15) is 16.9 Å². The van der Waals surface area contributed by atoms with Crippen molar-refractivity contribution in [1.82, 2.24) is 4.90 Å². The summed E-state index contributed by atoms with van der Waals surface area (Å²) in [5.41, 5.74) is 6.22. The Balaban J connectivity index is 1.76. The van der Waals surface area contributed by atoms with Crippen molar-refractivity contribution in [2.45, 2.75) is 38.4 Å². The third kappa shape index (κ3) is 5.67. The average molecular weight is 494 g/mol. The van der Waals surface area contributed by atoms with E-state index >= 15 is 0 Å². The van der Waals surface area contributed by atoms with Gasteiger partial charge in [0.2, 0.25) is 0 Å². The minimum Gasteiger partial charge on any atom is -0.365 e. The molecule has 0 saturated carbocycles. The lowest BCUT2D eigenvalue weighted by atomic mass is 9.93. The molecule has 2 aromatic carbocycles. The van der Waals surface area contributed by atoms with Crippen LogP contribution in [-0.2, 0) is 28.7 Å². The fraction of sp³-hybridized carbons (Fsp3) is 0.292. The number of rotatable bonds is 8. The zero-order chi connectivity index (χ0) is 25.2. The highest BCUT2D eigenvalue weighted by Crippen LogP contribution is 2.40. The van der Waals surface area contributed by atoms with Crippen molar-refractivity contribution in [1.29, 1.82) is 5.41 Å². The molecule has 10 heteroatoms. The number of thioether (sulfide) groups is 1. The number of hydrogen-bond donors (Lipinski definition) is 2. The monoisotopic (exact) mass is 493 g/mol. The van der Waals surface area contributed by atoms with Crippen LogP contribution in [0.5, 0.6) is 0 Å². The lowest BCUT2D eigenvalue weighted by molar-refractivity contribution is -0.137. The second-order valence-corrected chi connectivity index (χ2v) is 9.17. The second-order valence-electron chi connectivity index (χ2n) is 8.08. The molecule has 0 aliphatic carbocycles. The Hall–Kier alpha value is -3.14. The van der Waals surface area contributed by atoms with Crippen LogP contribution in [0.1, 0.15) is 30.5 Å². The summed E-state index contributed by atoms with van der Waals surface area (Å²) in [6.45, 7) is 3.50. The number of benzene rings is 2. The van der Waals surface area contributed by atoms with Gasteiger partial charge in [-0.25, -0.2) is 4.39 Å². The van der Waals surface area contributed by atoms with Gasteiger partial charge < -0.3 is 10.6 Å². The Bertz CT molecular complexity index is 1130. The van der Waals surface area contributed by atoms with Crippen molar-refractivity contribution >= 4 is 29.2 Å². The first-order chi connectivity index (χ1) is 15.9. The van der Waals surface area contributed by atoms with Crippen LogP contribution in [0, 0.1) is 17.1 Å². The number of amides is 1. The molecule has 5 nitrogen and oxygen atoms in total. The summed E-state index contributed by atoms with van der Waals surface area (Å²) >= 11 is 1.01. The van der Waals surface area contributed by atoms with E-state index in [1.54, 1.807) is 30.9 Å². The lowest BCUT2D eigenvalue weighted by Gasteiger charge is -2.28. The summed E-state index contributed by atoms with van der Waals surface area (Å²) < 4.78 is 51.6. The molecule has 0 aromatic heterocycles. The predicted molar refractivity (Wildman–Crippen MR) is 122 cm³/mol. The van der Waals surface area contributed by atoms with E-state index in [0.29, 0.717) is 11.3 Å². The van der Waals surface area contributed by atoms with Crippen LogP contribution in [0.2, 0.25) is 0 Å². The topological polar surface area (TPSA) is 87.2 Å². The minimum absolute atomic E-state index is 0.157. The largest absolute Gasteiger partial charge is 0.416 e. The minimum atomic E-state index is -4.45. The number of allylic oxidation sites excluding steroid dienone is 1. The first kappa shape index (κ1) is 25.5. The molecule has 3 rings (SSSR count). The van der Waals surface area contributed by atoms with Gasteiger partial charge in [-0.3, -0.25) is 15.0 Å². The molecular weight excluding hydrogens is 470 g/mol. The first-order valence-electron chi connectivity index (χ1n) is 10.4. The molecule has 1 aliphatic rings. The van der Waals surface area contributed by atoms with E-state index in [1.165, 1.54) is 24.3 Å². The molecule has 0 saturated heterocycles. The zero-order valence-corrected chi connectivity index (χ0v) is 19.3. The number of nitrogens with one attached hydrogen (secondary N) is 1. The number of carbonyl (C=O) groups is 2. The highest BCUT2D eigenvalue weighted by molar-refractivity contribution is 8.05. The SMILES string of the molecule is CC1=C(C(N)=O)SC(C(=N)C(=O)C(C)Cc2ccc(C(F)(F)F)cc2)N1Cc1ccc(F)cc1. The summed E-state index contributed by atoms with van der Waals surface area (Å²) in [4.78, 5) is 26.9. The molecule has 2 atom stereocenters. The number of nitrogens with zero attached hydrogens (tertiary/aromatic N) is 1. The summed E-state index contributed by atoms with van der Waals surface area (Å²) in [6, 6.07) is 10.3. The zero-order valence-electron chi connectivity index (χ0n) is 18.4. The number of ketones is 1. The molecule has 1 amide bonds. The van der Waals surface area contributed by atoms with E-state index in [2.05, 4.69) is 0 Å². The Morgan fingerprint density at radius 2 is 1.65 bits per heavy atom. The quantitative estimate of drug-likeness (QED) is 0.404. The molecule has 0 bridgehead atoms. The summed E-state index contributed by atoms with van der Waals surface area (Å²) in [5.74, 6) is -2.23. The van der Waals surface area contributed by atoms with Crippen molar-refractivity contribution in [2.75, 3.05) is 0 Å². The van der Waals surface area contributed by atoms with Crippen LogP contribution in [-0.4, -0.2) is 27.7 Å². The van der Waals surface area contributed by atoms with Gasteiger partial charge in [0, 0.05) is 18.2 Å². The first-order valence-corrected chi connectivity index (χ1v) is 11.2. The van der Waals surface area contributed by atoms with Gasteiger partial charge in [-0.15, -0.1) is 0 Å². The van der Waals surface area contributed by atoms with Gasteiger partial charge >= 0.3 is 6.18 Å². The molecule has 2 aromatic rings. The van der Waals surface area contributed by atoms with Crippen molar-refractivity contribution in [3.63, 3.8) is 0 Å². The highest BCUT2D eigenvalue weighted by atomic mass is 32.2. The van der Waals surface area contributed by atoms with Crippen LogP contribution in [0.25, 0.3) is 0 Å². The molecule has 0 fully saturated rings. The van der Waals surface area contributed by atoms with Crippen molar-refractivity contribution in [2.24, 2.45) is 11.7 Å². The van der Waals surface area contributed by atoms with E-state index in [0.717, 1.165) is 29.5 Å². The van der Waals surface area contributed by atoms with E-state index in [1.807, 2.05) is 0 Å². The van der Waals surface area contributed by atoms with E-state index in [-0.39, 0.29) is 23.6 Å². The summed E-state index contributed by atoms with van der Waals surface area (Å²) in [6.07, 6.45) is -4.29. The van der Waals surface area contributed by atoms with Crippen LogP contribution >= 0.6 is 11.8 Å². The smallest absolute Gasteiger partial charge is 0.365 e. The number of alkyl halides is 3. The standard InChI is InChI=1S/C24H23F4N3O2S/c1-13(11-15-3-7-17(8-4-15)24(26,27)28)20(32)19(29)23-31(14(2)21(34-23)22(30)33)12-16-5-9-18(25)10-6-16/h3-10,13,23,29H,11-12H2,1-2H3,(H2,30,33). The number of carbonyl (C=O) groups excluding carboxylic acids is 2. The van der Waals surface area contributed by atoms with Crippen molar-refractivity contribution in [3.05, 3.63) is 81.6 Å². The summed E-state index contributed by atoms with van der Waals surface area (Å²) in [7, 11) is 0. The third-order valence-corrected chi connectivity index (χ3v) is 6.99. The average Bonchev–Trinajstić information content (AvgIpc) is 3.10. The molecule has 1 aliphatic heterocycles. The fourth-order valence-electron chi connectivity index (χ4n) is 3.67. The Morgan fingerprint density at radius 3 is 2.18 bits per heavy atom. The molecule has 1 heterocycles. The second kappa shape index (κ2) is 10.0. The Labute approximate surface area is 198 Å². The fourth-order valence-corrected chi connectivity index (χ4v) is 4.89. The van der Waals surface area contributed by atoms with E-state index < -0.39 is 40.5 Å². The molecule has 0 radical (unpaired) electrons. The summed E-state index contributed by atoms with van der Waals surface area (Å²) in [5, 5.41) is 7.75. The van der Waals surface area contributed by atoms with Gasteiger partial charge in [-0.05, 0) is 48.7 Å². The van der Waals surface area contributed by atoms with E-state index in [9.17, 15) is 27.2 Å². The number of primary amides is 1. The molecule has 2 unspecified atom stereocenters. The van der Waals surface area contributed by atoms with Crippen LogP contribution in [0.4, 0.5) is 17.6 Å². The van der Waals surface area contributed by atoms with Gasteiger partial charge in [-0.1, -0.05) is 43.0 Å². The number of hydrogen-bond acceptors (Lipinski definition) is 5.